The molecule has 6 heteroatoms. The number of aliphatic hydroxyl groups excluding tert-OH is 1. The molecule has 86 valence electrons. The molecule has 0 spiro atoms. The van der Waals surface area contributed by atoms with Gasteiger partial charge in [0.2, 0.25) is 0 Å². The van der Waals surface area contributed by atoms with Crippen LogP contribution in [0.1, 0.15) is 10.4 Å². The number of benzene rings is 1. The summed E-state index contributed by atoms with van der Waals surface area (Å²) < 4.78 is 0. The number of para-hydroxylation sites is 1. The van der Waals surface area contributed by atoms with Crippen LogP contribution in [0.15, 0.2) is 24.3 Å². The van der Waals surface area contributed by atoms with Crippen LogP contribution in [0.3, 0.4) is 0 Å². The van der Waals surface area contributed by atoms with Crippen LogP contribution >= 0.6 is 0 Å². The predicted octanol–water partition coefficient (Wildman–Crippen LogP) is 0.659. The third-order valence-electron chi connectivity index (χ3n) is 2.11. The molecule has 1 aromatic carbocycles. The van der Waals surface area contributed by atoms with Gasteiger partial charge >= 0.3 is 0 Å². The van der Waals surface area contributed by atoms with Crippen LogP contribution in [0.25, 0.3) is 0 Å². The van der Waals surface area contributed by atoms with E-state index in [1.165, 1.54) is 30.1 Å². The number of nitrogens with zero attached hydrogens (tertiary/aromatic N) is 2. The number of hydrogen-bond donors (Lipinski definition) is 1. The van der Waals surface area contributed by atoms with Gasteiger partial charge in [0.1, 0.15) is 5.56 Å². The number of aliphatic hydroxyl groups is 1. The molecule has 1 N–H and O–H groups in total. The largest absolute Gasteiger partial charge is 0.395 e. The van der Waals surface area contributed by atoms with E-state index >= 15 is 0 Å². The second kappa shape index (κ2) is 5.22. The van der Waals surface area contributed by atoms with Gasteiger partial charge in [0.05, 0.1) is 11.5 Å². The molecule has 0 aromatic heterocycles. The maximum Gasteiger partial charge on any atom is 0.282 e. The summed E-state index contributed by atoms with van der Waals surface area (Å²) in [6.07, 6.45) is 0. The highest BCUT2D eigenvalue weighted by Gasteiger charge is 2.21. The van der Waals surface area contributed by atoms with Gasteiger partial charge in [-0.25, -0.2) is 0 Å². The SMILES string of the molecule is CN(CCO)C(=O)c1ccccc1[N+](=O)[O-]. The molecule has 0 fully saturated rings. The van der Waals surface area contributed by atoms with E-state index < -0.39 is 10.8 Å². The summed E-state index contributed by atoms with van der Waals surface area (Å²) in [6, 6.07) is 5.74. The van der Waals surface area contributed by atoms with Crippen LogP contribution < -0.4 is 0 Å². The predicted molar refractivity (Wildman–Crippen MR) is 57.1 cm³/mol. The zero-order chi connectivity index (χ0) is 12.1. The molecule has 0 saturated heterocycles. The van der Waals surface area contributed by atoms with E-state index in [9.17, 15) is 14.9 Å². The standard InChI is InChI=1S/C10H12N2O4/c1-11(6-7-13)10(14)8-4-2-3-5-9(8)12(15)16/h2-5,13H,6-7H2,1H3. The molecular weight excluding hydrogens is 212 g/mol. The maximum absolute atomic E-state index is 11.8. The summed E-state index contributed by atoms with van der Waals surface area (Å²) in [4.78, 5) is 23.1. The van der Waals surface area contributed by atoms with E-state index in [4.69, 9.17) is 5.11 Å². The van der Waals surface area contributed by atoms with E-state index in [1.807, 2.05) is 0 Å². The first kappa shape index (κ1) is 12.1. The first-order valence-electron chi connectivity index (χ1n) is 4.67. The molecule has 1 aromatic rings. The van der Waals surface area contributed by atoms with Crippen molar-refractivity contribution in [2.45, 2.75) is 0 Å². The Morgan fingerprint density at radius 2 is 2.12 bits per heavy atom. The number of nitro groups is 1. The molecule has 1 rings (SSSR count). The first-order chi connectivity index (χ1) is 7.57. The van der Waals surface area contributed by atoms with Crippen molar-refractivity contribution in [1.82, 2.24) is 4.90 Å². The molecule has 0 saturated carbocycles. The first-order valence-corrected chi connectivity index (χ1v) is 4.67. The minimum Gasteiger partial charge on any atom is -0.395 e. The zero-order valence-electron chi connectivity index (χ0n) is 8.79. The topological polar surface area (TPSA) is 83.7 Å². The second-order valence-corrected chi connectivity index (χ2v) is 3.22. The normalized spacial score (nSPS) is 9.88. The molecule has 0 heterocycles. The Bertz CT molecular complexity index is 406. The number of amides is 1. The van der Waals surface area contributed by atoms with Gasteiger partial charge in [-0.2, -0.15) is 0 Å². The molecule has 0 bridgehead atoms. The van der Waals surface area contributed by atoms with E-state index in [0.717, 1.165) is 0 Å². The van der Waals surface area contributed by atoms with Gasteiger partial charge in [-0.15, -0.1) is 0 Å². The number of rotatable bonds is 4. The molecule has 0 aliphatic rings. The summed E-state index contributed by atoms with van der Waals surface area (Å²) in [7, 11) is 1.48. The highest BCUT2D eigenvalue weighted by molar-refractivity contribution is 5.97. The van der Waals surface area contributed by atoms with E-state index in [-0.39, 0.29) is 24.4 Å². The summed E-state index contributed by atoms with van der Waals surface area (Å²) in [5.41, 5.74) is -0.194. The van der Waals surface area contributed by atoms with Gasteiger partial charge in [0.25, 0.3) is 11.6 Å². The summed E-state index contributed by atoms with van der Waals surface area (Å²) in [5.74, 6) is -0.471. The number of carbonyl (C=O) groups excluding carboxylic acids is 1. The minimum absolute atomic E-state index is 0.0310. The Labute approximate surface area is 92.3 Å². The summed E-state index contributed by atoms with van der Waals surface area (Å²) >= 11 is 0. The third-order valence-corrected chi connectivity index (χ3v) is 2.11. The third kappa shape index (κ3) is 2.54. The van der Waals surface area contributed by atoms with Crippen LogP contribution in [0.5, 0.6) is 0 Å². The van der Waals surface area contributed by atoms with Crippen LogP contribution in [0, 0.1) is 10.1 Å². The molecular formula is C10H12N2O4. The van der Waals surface area contributed by atoms with Gasteiger partial charge in [-0.3, -0.25) is 14.9 Å². The van der Waals surface area contributed by atoms with Crippen molar-refractivity contribution in [1.29, 1.82) is 0 Å². The van der Waals surface area contributed by atoms with Crippen molar-refractivity contribution < 1.29 is 14.8 Å². The Balaban J connectivity index is 3.03. The number of carbonyl (C=O) groups is 1. The average molecular weight is 224 g/mol. The van der Waals surface area contributed by atoms with Gasteiger partial charge in [-0.1, -0.05) is 12.1 Å². The number of hydrogen-bond acceptors (Lipinski definition) is 4. The van der Waals surface area contributed by atoms with Crippen LogP contribution in [-0.4, -0.2) is 41.0 Å². The van der Waals surface area contributed by atoms with Crippen molar-refractivity contribution in [3.8, 4) is 0 Å². The molecule has 16 heavy (non-hydrogen) atoms. The quantitative estimate of drug-likeness (QED) is 0.601. The molecule has 0 aliphatic heterocycles. The van der Waals surface area contributed by atoms with Crippen LogP contribution in [0.4, 0.5) is 5.69 Å². The highest BCUT2D eigenvalue weighted by atomic mass is 16.6. The molecule has 0 radical (unpaired) electrons. The monoisotopic (exact) mass is 224 g/mol. The maximum atomic E-state index is 11.8. The Kier molecular flexibility index (Phi) is 3.96. The second-order valence-electron chi connectivity index (χ2n) is 3.22. The summed E-state index contributed by atoms with van der Waals surface area (Å²) in [5, 5.41) is 19.4. The van der Waals surface area contributed by atoms with Crippen molar-refractivity contribution in [3.63, 3.8) is 0 Å². The van der Waals surface area contributed by atoms with E-state index in [1.54, 1.807) is 6.07 Å². The van der Waals surface area contributed by atoms with Gasteiger partial charge < -0.3 is 10.0 Å². The van der Waals surface area contributed by atoms with E-state index in [2.05, 4.69) is 0 Å². The summed E-state index contributed by atoms with van der Waals surface area (Å²) in [6.45, 7) is -0.0340. The average Bonchev–Trinajstić information content (AvgIpc) is 2.28. The van der Waals surface area contributed by atoms with Gasteiger partial charge in [0, 0.05) is 19.7 Å². The lowest BCUT2D eigenvalue weighted by molar-refractivity contribution is -0.385. The number of likely N-dealkylation sites (N-methyl/N-ethyl adjacent to an activating group) is 1. The molecule has 0 aliphatic carbocycles. The zero-order valence-corrected chi connectivity index (χ0v) is 8.79. The molecule has 0 atom stereocenters. The molecule has 1 amide bonds. The smallest absolute Gasteiger partial charge is 0.282 e. The Hall–Kier alpha value is -1.95. The van der Waals surface area contributed by atoms with Crippen LogP contribution in [-0.2, 0) is 0 Å². The fourth-order valence-electron chi connectivity index (χ4n) is 1.27. The van der Waals surface area contributed by atoms with E-state index in [0.29, 0.717) is 0 Å². The fraction of sp³-hybridized carbons (Fsp3) is 0.300. The van der Waals surface area contributed by atoms with Crippen molar-refractivity contribution in [3.05, 3.63) is 39.9 Å². The highest BCUT2D eigenvalue weighted by Crippen LogP contribution is 2.18. The van der Waals surface area contributed by atoms with Crippen molar-refractivity contribution >= 4 is 11.6 Å². The lowest BCUT2D eigenvalue weighted by Crippen LogP contribution is -2.29. The molecule has 6 nitrogen and oxygen atoms in total. The van der Waals surface area contributed by atoms with Crippen molar-refractivity contribution in [2.24, 2.45) is 0 Å². The fourth-order valence-corrected chi connectivity index (χ4v) is 1.27. The molecule has 0 unspecified atom stereocenters. The van der Waals surface area contributed by atoms with Crippen LogP contribution in [0.2, 0.25) is 0 Å². The Morgan fingerprint density at radius 3 is 2.69 bits per heavy atom. The Morgan fingerprint density at radius 1 is 1.50 bits per heavy atom. The number of nitro benzene ring substituents is 1. The van der Waals surface area contributed by atoms with Gasteiger partial charge in [-0.05, 0) is 6.07 Å². The van der Waals surface area contributed by atoms with Gasteiger partial charge in [0.15, 0.2) is 0 Å². The lowest BCUT2D eigenvalue weighted by atomic mass is 10.1. The lowest BCUT2D eigenvalue weighted by Gasteiger charge is -2.15. The minimum atomic E-state index is -0.597. The van der Waals surface area contributed by atoms with Crippen molar-refractivity contribution in [2.75, 3.05) is 20.2 Å².